The SMILES string of the molecule is C[C@H](NC(=O)C(C)(C)C#N)c1ccc(OCC2CC2)c(F)c1. The summed E-state index contributed by atoms with van der Waals surface area (Å²) in [6, 6.07) is 6.25. The van der Waals surface area contributed by atoms with Gasteiger partial charge in [-0.25, -0.2) is 4.39 Å². The lowest BCUT2D eigenvalue weighted by Gasteiger charge is -2.20. The Hall–Kier alpha value is -2.09. The molecule has 0 bridgehead atoms. The lowest BCUT2D eigenvalue weighted by molar-refractivity contribution is -0.127. The Morgan fingerprint density at radius 3 is 2.77 bits per heavy atom. The molecule has 0 aliphatic heterocycles. The van der Waals surface area contributed by atoms with Gasteiger partial charge in [-0.1, -0.05) is 6.07 Å². The number of ether oxygens (including phenoxy) is 1. The third kappa shape index (κ3) is 3.97. The fourth-order valence-electron chi connectivity index (χ4n) is 1.91. The highest BCUT2D eigenvalue weighted by Crippen LogP contribution is 2.30. The summed E-state index contributed by atoms with van der Waals surface area (Å²) in [7, 11) is 0. The van der Waals surface area contributed by atoms with Crippen molar-refractivity contribution in [2.45, 2.75) is 39.7 Å². The second kappa shape index (κ2) is 6.35. The number of carbonyl (C=O) groups is 1. The van der Waals surface area contributed by atoms with Gasteiger partial charge in [0, 0.05) is 0 Å². The lowest BCUT2D eigenvalue weighted by atomic mass is 9.94. The number of carbonyl (C=O) groups excluding carboxylic acids is 1. The van der Waals surface area contributed by atoms with Crippen LogP contribution in [-0.4, -0.2) is 12.5 Å². The van der Waals surface area contributed by atoms with Gasteiger partial charge >= 0.3 is 0 Å². The summed E-state index contributed by atoms with van der Waals surface area (Å²) in [4.78, 5) is 12.0. The summed E-state index contributed by atoms with van der Waals surface area (Å²) in [5.41, 5.74) is -0.474. The van der Waals surface area contributed by atoms with Crippen LogP contribution < -0.4 is 10.1 Å². The molecular weight excluding hydrogens is 283 g/mol. The number of nitriles is 1. The van der Waals surface area contributed by atoms with Gasteiger partial charge in [0.1, 0.15) is 5.41 Å². The van der Waals surface area contributed by atoms with Gasteiger partial charge in [-0.15, -0.1) is 0 Å². The highest BCUT2D eigenvalue weighted by Gasteiger charge is 2.28. The fraction of sp³-hybridized carbons (Fsp3) is 0.529. The van der Waals surface area contributed by atoms with Crippen molar-refractivity contribution in [2.24, 2.45) is 11.3 Å². The number of hydrogen-bond donors (Lipinski definition) is 1. The fourth-order valence-corrected chi connectivity index (χ4v) is 1.91. The first-order valence-electron chi connectivity index (χ1n) is 7.48. The molecule has 0 spiro atoms. The first kappa shape index (κ1) is 16.3. The van der Waals surface area contributed by atoms with Crippen LogP contribution in [0.5, 0.6) is 5.75 Å². The van der Waals surface area contributed by atoms with Crippen LogP contribution in [0.4, 0.5) is 4.39 Å². The summed E-state index contributed by atoms with van der Waals surface area (Å²) in [5, 5.41) is 11.7. The number of rotatable bonds is 6. The van der Waals surface area contributed by atoms with E-state index in [0.717, 1.165) is 12.8 Å². The molecule has 1 aliphatic carbocycles. The predicted molar refractivity (Wildman–Crippen MR) is 80.6 cm³/mol. The van der Waals surface area contributed by atoms with Gasteiger partial charge < -0.3 is 10.1 Å². The molecule has 1 fully saturated rings. The third-order valence-corrected chi connectivity index (χ3v) is 3.82. The monoisotopic (exact) mass is 304 g/mol. The number of halogens is 1. The van der Waals surface area contributed by atoms with Gasteiger partial charge in [-0.3, -0.25) is 4.79 Å². The Labute approximate surface area is 130 Å². The van der Waals surface area contributed by atoms with Crippen molar-refractivity contribution in [3.05, 3.63) is 29.6 Å². The van der Waals surface area contributed by atoms with Crippen LogP contribution in [0.25, 0.3) is 0 Å². The molecule has 0 saturated heterocycles. The number of nitrogens with zero attached hydrogens (tertiary/aromatic N) is 1. The minimum atomic E-state index is -1.11. The molecule has 0 radical (unpaired) electrons. The van der Waals surface area contributed by atoms with E-state index in [1.807, 2.05) is 6.07 Å². The number of benzene rings is 1. The molecule has 1 amide bonds. The zero-order valence-electron chi connectivity index (χ0n) is 13.1. The van der Waals surface area contributed by atoms with E-state index in [4.69, 9.17) is 10.00 Å². The molecule has 0 aromatic heterocycles. The maximum absolute atomic E-state index is 14.0. The number of amides is 1. The molecule has 2 rings (SSSR count). The molecule has 1 aliphatic rings. The van der Waals surface area contributed by atoms with Crippen LogP contribution in [0.1, 0.15) is 45.2 Å². The Morgan fingerprint density at radius 2 is 2.23 bits per heavy atom. The van der Waals surface area contributed by atoms with Crippen LogP contribution in [0, 0.1) is 28.5 Å². The van der Waals surface area contributed by atoms with Crippen molar-refractivity contribution < 1.29 is 13.9 Å². The first-order valence-corrected chi connectivity index (χ1v) is 7.48. The van der Waals surface area contributed by atoms with E-state index >= 15 is 0 Å². The minimum absolute atomic E-state index is 0.242. The van der Waals surface area contributed by atoms with Gasteiger partial charge in [0.05, 0.1) is 18.7 Å². The van der Waals surface area contributed by atoms with Crippen LogP contribution in [0.2, 0.25) is 0 Å². The normalized spacial score (nSPS) is 15.8. The molecule has 1 saturated carbocycles. The van der Waals surface area contributed by atoms with E-state index in [0.29, 0.717) is 18.1 Å². The maximum atomic E-state index is 14.0. The topological polar surface area (TPSA) is 62.1 Å². The minimum Gasteiger partial charge on any atom is -0.490 e. The second-order valence-electron chi connectivity index (χ2n) is 6.38. The molecule has 1 aromatic rings. The van der Waals surface area contributed by atoms with E-state index < -0.39 is 11.2 Å². The van der Waals surface area contributed by atoms with Crippen LogP contribution in [-0.2, 0) is 4.79 Å². The van der Waals surface area contributed by atoms with Gasteiger partial charge in [0.2, 0.25) is 5.91 Å². The van der Waals surface area contributed by atoms with E-state index in [-0.39, 0.29) is 17.7 Å². The summed E-state index contributed by atoms with van der Waals surface area (Å²) in [6.07, 6.45) is 2.30. The Morgan fingerprint density at radius 1 is 1.55 bits per heavy atom. The first-order chi connectivity index (χ1) is 10.3. The van der Waals surface area contributed by atoms with E-state index in [1.165, 1.54) is 6.07 Å². The van der Waals surface area contributed by atoms with Gasteiger partial charge in [-0.2, -0.15) is 5.26 Å². The standard InChI is InChI=1S/C17H21FN2O2/c1-11(20-16(21)17(2,3)10-19)13-6-7-15(14(18)8-13)22-9-12-4-5-12/h6-8,11-12H,4-5,9H2,1-3H3,(H,20,21)/t11-/m0/s1. The molecule has 0 heterocycles. The smallest absolute Gasteiger partial charge is 0.240 e. The Balaban J connectivity index is 2.00. The molecule has 1 N–H and O–H groups in total. The highest BCUT2D eigenvalue weighted by atomic mass is 19.1. The average Bonchev–Trinajstić information content (AvgIpc) is 3.29. The molecule has 1 atom stereocenters. The zero-order valence-corrected chi connectivity index (χ0v) is 13.1. The molecule has 0 unspecified atom stereocenters. The predicted octanol–water partition coefficient (Wildman–Crippen LogP) is 3.34. The van der Waals surface area contributed by atoms with Crippen molar-refractivity contribution in [2.75, 3.05) is 6.61 Å². The Bertz CT molecular complexity index is 603. The number of hydrogen-bond acceptors (Lipinski definition) is 3. The molecular formula is C17H21FN2O2. The van der Waals surface area contributed by atoms with Crippen molar-refractivity contribution in [1.29, 1.82) is 5.26 Å². The van der Waals surface area contributed by atoms with Crippen molar-refractivity contribution in [3.63, 3.8) is 0 Å². The lowest BCUT2D eigenvalue weighted by Crippen LogP contribution is -2.37. The van der Waals surface area contributed by atoms with Gasteiger partial charge in [0.25, 0.3) is 0 Å². The molecule has 4 nitrogen and oxygen atoms in total. The maximum Gasteiger partial charge on any atom is 0.240 e. The number of nitrogens with one attached hydrogen (secondary N) is 1. The van der Waals surface area contributed by atoms with Crippen LogP contribution in [0.15, 0.2) is 18.2 Å². The molecule has 22 heavy (non-hydrogen) atoms. The van der Waals surface area contributed by atoms with E-state index in [2.05, 4.69) is 5.32 Å². The highest BCUT2D eigenvalue weighted by molar-refractivity contribution is 5.84. The summed E-state index contributed by atoms with van der Waals surface area (Å²) >= 11 is 0. The summed E-state index contributed by atoms with van der Waals surface area (Å²) < 4.78 is 19.5. The van der Waals surface area contributed by atoms with E-state index in [9.17, 15) is 9.18 Å². The zero-order chi connectivity index (χ0) is 16.3. The summed E-state index contributed by atoms with van der Waals surface area (Å²) in [6.45, 7) is 5.40. The van der Waals surface area contributed by atoms with Crippen LogP contribution in [0.3, 0.4) is 0 Å². The van der Waals surface area contributed by atoms with Gasteiger partial charge in [-0.05, 0) is 57.2 Å². The van der Waals surface area contributed by atoms with Crippen molar-refractivity contribution in [1.82, 2.24) is 5.32 Å². The van der Waals surface area contributed by atoms with Crippen molar-refractivity contribution in [3.8, 4) is 11.8 Å². The molecule has 118 valence electrons. The van der Waals surface area contributed by atoms with Gasteiger partial charge in [0.15, 0.2) is 11.6 Å². The van der Waals surface area contributed by atoms with Crippen molar-refractivity contribution >= 4 is 5.91 Å². The largest absolute Gasteiger partial charge is 0.490 e. The van der Waals surface area contributed by atoms with E-state index in [1.54, 1.807) is 32.9 Å². The molecule has 1 aromatic carbocycles. The molecule has 5 heteroatoms. The Kier molecular flexibility index (Phi) is 4.70. The van der Waals surface area contributed by atoms with Crippen LogP contribution >= 0.6 is 0 Å². The summed E-state index contributed by atoms with van der Waals surface area (Å²) in [5.74, 6) is -0.00667. The second-order valence-corrected chi connectivity index (χ2v) is 6.38. The average molecular weight is 304 g/mol. The quantitative estimate of drug-likeness (QED) is 0.876. The third-order valence-electron chi connectivity index (χ3n) is 3.82.